The first-order valence-electron chi connectivity index (χ1n) is 6.47. The van der Waals surface area contributed by atoms with Gasteiger partial charge in [0.05, 0.1) is 0 Å². The van der Waals surface area contributed by atoms with E-state index in [9.17, 15) is 14.4 Å². The molecule has 96 valence electrons. The number of rotatable bonds is 0. The van der Waals surface area contributed by atoms with Gasteiger partial charge in [0, 0.05) is 23.1 Å². The Bertz CT molecular complexity index is 753. The molecular formula is C17H10O3. The van der Waals surface area contributed by atoms with E-state index in [0.29, 0.717) is 16.7 Å². The van der Waals surface area contributed by atoms with Crippen molar-refractivity contribution in [3.8, 4) is 0 Å². The number of benzene rings is 2. The van der Waals surface area contributed by atoms with Crippen LogP contribution in [0.4, 0.5) is 0 Å². The number of carbonyl (C=O) groups is 3. The van der Waals surface area contributed by atoms with Crippen LogP contribution in [-0.4, -0.2) is 17.3 Å². The van der Waals surface area contributed by atoms with Crippen LogP contribution in [-0.2, 0) is 6.42 Å². The van der Waals surface area contributed by atoms with Crippen molar-refractivity contribution < 1.29 is 14.4 Å². The molecule has 0 fully saturated rings. The van der Waals surface area contributed by atoms with Gasteiger partial charge in [-0.3, -0.25) is 14.4 Å². The minimum atomic E-state index is -1.53. The Labute approximate surface area is 115 Å². The summed E-state index contributed by atoms with van der Waals surface area (Å²) in [6.07, 6.45) is 0.189. The van der Waals surface area contributed by atoms with Crippen molar-refractivity contribution in [3.05, 3.63) is 70.8 Å². The van der Waals surface area contributed by atoms with Crippen molar-refractivity contribution in [2.24, 2.45) is 5.41 Å². The predicted molar refractivity (Wildman–Crippen MR) is 72.0 cm³/mol. The van der Waals surface area contributed by atoms with Crippen molar-refractivity contribution in [1.29, 1.82) is 0 Å². The fraction of sp³-hybridized carbons (Fsp3) is 0.118. The molecule has 0 amide bonds. The Balaban J connectivity index is 1.97. The van der Waals surface area contributed by atoms with Crippen LogP contribution in [0.2, 0.25) is 0 Å². The molecule has 0 saturated carbocycles. The third-order valence-electron chi connectivity index (χ3n) is 4.30. The van der Waals surface area contributed by atoms with E-state index in [1.54, 1.807) is 36.4 Å². The molecule has 0 bridgehead atoms. The summed E-state index contributed by atoms with van der Waals surface area (Å²) in [4.78, 5) is 38.0. The fourth-order valence-electron chi connectivity index (χ4n) is 3.30. The third-order valence-corrected chi connectivity index (χ3v) is 4.30. The van der Waals surface area contributed by atoms with Crippen LogP contribution >= 0.6 is 0 Å². The molecule has 0 N–H and O–H groups in total. The molecule has 3 nitrogen and oxygen atoms in total. The van der Waals surface area contributed by atoms with Crippen LogP contribution in [0.3, 0.4) is 0 Å². The second-order valence-corrected chi connectivity index (χ2v) is 5.27. The van der Waals surface area contributed by atoms with Crippen molar-refractivity contribution in [2.45, 2.75) is 6.42 Å². The smallest absolute Gasteiger partial charge is 0.185 e. The van der Waals surface area contributed by atoms with E-state index in [-0.39, 0.29) is 23.8 Å². The lowest BCUT2D eigenvalue weighted by atomic mass is 9.79. The molecule has 3 heteroatoms. The van der Waals surface area contributed by atoms with E-state index < -0.39 is 5.41 Å². The lowest BCUT2D eigenvalue weighted by Crippen LogP contribution is -2.39. The first kappa shape index (κ1) is 11.3. The molecule has 4 rings (SSSR count). The monoisotopic (exact) mass is 262 g/mol. The summed E-state index contributed by atoms with van der Waals surface area (Å²) in [6.45, 7) is 0. The Morgan fingerprint density at radius 3 is 1.65 bits per heavy atom. The molecule has 1 spiro atoms. The van der Waals surface area contributed by atoms with E-state index >= 15 is 0 Å². The number of carbonyl (C=O) groups excluding carboxylic acids is 3. The van der Waals surface area contributed by atoms with Gasteiger partial charge in [-0.2, -0.15) is 0 Å². The lowest BCUT2D eigenvalue weighted by Gasteiger charge is -2.16. The van der Waals surface area contributed by atoms with Gasteiger partial charge in [-0.1, -0.05) is 48.5 Å². The summed E-state index contributed by atoms with van der Waals surface area (Å²) in [5, 5.41) is 0. The van der Waals surface area contributed by atoms with E-state index in [0.717, 1.165) is 5.56 Å². The molecule has 0 atom stereocenters. The highest BCUT2D eigenvalue weighted by molar-refractivity contribution is 6.43. The molecule has 0 aliphatic heterocycles. The van der Waals surface area contributed by atoms with E-state index in [1.165, 1.54) is 0 Å². The maximum Gasteiger partial charge on any atom is 0.185 e. The third kappa shape index (κ3) is 1.09. The second-order valence-electron chi connectivity index (χ2n) is 5.27. The molecule has 0 heterocycles. The highest BCUT2D eigenvalue weighted by atomic mass is 16.2. The van der Waals surface area contributed by atoms with Gasteiger partial charge in [-0.25, -0.2) is 0 Å². The lowest BCUT2D eigenvalue weighted by molar-refractivity contribution is 0.0634. The van der Waals surface area contributed by atoms with Gasteiger partial charge in [-0.05, 0) is 5.56 Å². The molecule has 20 heavy (non-hydrogen) atoms. The maximum absolute atomic E-state index is 12.7. The molecule has 2 aliphatic rings. The minimum Gasteiger partial charge on any atom is -0.292 e. The molecule has 0 saturated heterocycles. The highest BCUT2D eigenvalue weighted by Gasteiger charge is 2.61. The summed E-state index contributed by atoms with van der Waals surface area (Å²) in [6, 6.07) is 13.8. The number of Topliss-reactive ketones (excluding diaryl/α,β-unsaturated/α-hetero) is 3. The number of fused-ring (bicyclic) bond motifs is 2. The zero-order valence-electron chi connectivity index (χ0n) is 10.6. The van der Waals surface area contributed by atoms with Gasteiger partial charge in [-0.15, -0.1) is 0 Å². The Morgan fingerprint density at radius 2 is 1.10 bits per heavy atom. The largest absolute Gasteiger partial charge is 0.292 e. The van der Waals surface area contributed by atoms with Crippen molar-refractivity contribution in [1.82, 2.24) is 0 Å². The van der Waals surface area contributed by atoms with Gasteiger partial charge in [0.1, 0.15) is 0 Å². The quantitative estimate of drug-likeness (QED) is 0.685. The molecule has 2 aliphatic carbocycles. The normalized spacial score (nSPS) is 18.5. The zero-order valence-corrected chi connectivity index (χ0v) is 10.6. The molecule has 2 aromatic carbocycles. The van der Waals surface area contributed by atoms with Gasteiger partial charge in [0.15, 0.2) is 22.8 Å². The van der Waals surface area contributed by atoms with Gasteiger partial charge in [0.25, 0.3) is 0 Å². The predicted octanol–water partition coefficient (Wildman–Crippen LogP) is 2.49. The standard InChI is InChI=1S/C17H10O3/c18-14-11-6-2-1-5-10(11)9-17(14)15(19)12-7-3-4-8-13(12)16(17)20/h1-8H,9H2. The summed E-state index contributed by atoms with van der Waals surface area (Å²) >= 11 is 0. The summed E-state index contributed by atoms with van der Waals surface area (Å²) in [5.41, 5.74) is 0.499. The number of ketones is 3. The van der Waals surface area contributed by atoms with Crippen molar-refractivity contribution >= 4 is 17.3 Å². The summed E-state index contributed by atoms with van der Waals surface area (Å²) in [7, 11) is 0. The Morgan fingerprint density at radius 1 is 0.650 bits per heavy atom. The number of hydrogen-bond donors (Lipinski definition) is 0. The van der Waals surface area contributed by atoms with E-state index in [2.05, 4.69) is 0 Å². The SMILES string of the molecule is O=C1c2ccccc2CC12C(=O)c1ccccc1C2=O. The van der Waals surface area contributed by atoms with Crippen LogP contribution in [0, 0.1) is 5.41 Å². The van der Waals surface area contributed by atoms with Crippen molar-refractivity contribution in [2.75, 3.05) is 0 Å². The Kier molecular flexibility index (Phi) is 1.98. The summed E-state index contributed by atoms with van der Waals surface area (Å²) < 4.78 is 0. The topological polar surface area (TPSA) is 51.2 Å². The van der Waals surface area contributed by atoms with E-state index in [4.69, 9.17) is 0 Å². The molecule has 0 radical (unpaired) electrons. The van der Waals surface area contributed by atoms with Crippen LogP contribution in [0.15, 0.2) is 48.5 Å². The molecule has 2 aromatic rings. The van der Waals surface area contributed by atoms with Gasteiger partial charge >= 0.3 is 0 Å². The summed E-state index contributed by atoms with van der Waals surface area (Å²) in [5.74, 6) is -1.04. The fourth-order valence-corrected chi connectivity index (χ4v) is 3.30. The van der Waals surface area contributed by atoms with Crippen LogP contribution in [0.5, 0.6) is 0 Å². The molecule has 0 aromatic heterocycles. The van der Waals surface area contributed by atoms with Crippen molar-refractivity contribution in [3.63, 3.8) is 0 Å². The molecule has 0 unspecified atom stereocenters. The highest BCUT2D eigenvalue weighted by Crippen LogP contribution is 2.46. The number of hydrogen-bond acceptors (Lipinski definition) is 3. The van der Waals surface area contributed by atoms with Crippen LogP contribution in [0.1, 0.15) is 36.6 Å². The van der Waals surface area contributed by atoms with Gasteiger partial charge < -0.3 is 0 Å². The molecular weight excluding hydrogens is 252 g/mol. The first-order valence-corrected chi connectivity index (χ1v) is 6.47. The zero-order chi connectivity index (χ0) is 13.9. The van der Waals surface area contributed by atoms with Crippen LogP contribution in [0.25, 0.3) is 0 Å². The minimum absolute atomic E-state index is 0.189. The van der Waals surface area contributed by atoms with Gasteiger partial charge in [0.2, 0.25) is 0 Å². The van der Waals surface area contributed by atoms with E-state index in [1.807, 2.05) is 12.1 Å². The maximum atomic E-state index is 12.7. The second kappa shape index (κ2) is 3.51. The average Bonchev–Trinajstić information content (AvgIpc) is 2.90. The Hall–Kier alpha value is -2.55. The average molecular weight is 262 g/mol. The first-order chi connectivity index (χ1) is 9.66. The van der Waals surface area contributed by atoms with Crippen LogP contribution < -0.4 is 0 Å².